The molecule has 1 aliphatic heterocycles. The number of carbonyl (C=O) groups is 2. The molecular weight excluding hydrogens is 320 g/mol. The standard InChI is InChI=1S/C15H16N2O3S2/c18-13(16-10-3-1-6-20-9-10)11-5-8-22-15(11)17-14(19)12-4-2-7-21-12/h2,4-5,7-8,10H,1,3,6,9H2,(H,16,18)(H,17,19)/t10-/m1/s1. The molecule has 1 fully saturated rings. The fraction of sp³-hybridized carbons (Fsp3) is 0.333. The molecule has 0 aromatic carbocycles. The van der Waals surface area contributed by atoms with Crippen molar-refractivity contribution in [2.45, 2.75) is 18.9 Å². The second kappa shape index (κ2) is 7.04. The van der Waals surface area contributed by atoms with Crippen LogP contribution in [0.5, 0.6) is 0 Å². The van der Waals surface area contributed by atoms with E-state index in [1.54, 1.807) is 17.5 Å². The second-order valence-corrected chi connectivity index (χ2v) is 6.85. The van der Waals surface area contributed by atoms with E-state index in [4.69, 9.17) is 4.74 Å². The number of amides is 2. The number of hydrogen-bond donors (Lipinski definition) is 2. The van der Waals surface area contributed by atoms with Crippen LogP contribution in [0.1, 0.15) is 32.9 Å². The van der Waals surface area contributed by atoms with Gasteiger partial charge in [0.15, 0.2) is 0 Å². The quantitative estimate of drug-likeness (QED) is 0.902. The summed E-state index contributed by atoms with van der Waals surface area (Å²) in [5, 5.41) is 10.00. The van der Waals surface area contributed by atoms with Crippen LogP contribution < -0.4 is 10.6 Å². The van der Waals surface area contributed by atoms with Crippen LogP contribution in [0.3, 0.4) is 0 Å². The molecule has 0 unspecified atom stereocenters. The summed E-state index contributed by atoms with van der Waals surface area (Å²) in [6, 6.07) is 5.35. The lowest BCUT2D eigenvalue weighted by Gasteiger charge is -2.23. The van der Waals surface area contributed by atoms with E-state index in [1.165, 1.54) is 22.7 Å². The molecule has 0 radical (unpaired) electrons. The lowest BCUT2D eigenvalue weighted by atomic mass is 10.1. The van der Waals surface area contributed by atoms with Crippen LogP contribution in [0, 0.1) is 0 Å². The van der Waals surface area contributed by atoms with Crippen molar-refractivity contribution in [3.8, 4) is 0 Å². The van der Waals surface area contributed by atoms with E-state index in [0.717, 1.165) is 19.4 Å². The Kier molecular flexibility index (Phi) is 4.87. The van der Waals surface area contributed by atoms with Crippen LogP contribution in [0.4, 0.5) is 5.00 Å². The average Bonchev–Trinajstić information content (AvgIpc) is 3.19. The van der Waals surface area contributed by atoms with Gasteiger partial charge < -0.3 is 15.4 Å². The summed E-state index contributed by atoms with van der Waals surface area (Å²) in [6.45, 7) is 1.31. The first-order valence-corrected chi connectivity index (χ1v) is 8.81. The lowest BCUT2D eigenvalue weighted by molar-refractivity contribution is 0.0624. The number of ether oxygens (including phenoxy) is 1. The normalized spacial score (nSPS) is 17.9. The van der Waals surface area contributed by atoms with Crippen molar-refractivity contribution in [3.05, 3.63) is 39.4 Å². The smallest absolute Gasteiger partial charge is 0.266 e. The van der Waals surface area contributed by atoms with Crippen molar-refractivity contribution in [3.63, 3.8) is 0 Å². The average molecular weight is 336 g/mol. The number of anilines is 1. The molecule has 116 valence electrons. The third kappa shape index (κ3) is 3.55. The van der Waals surface area contributed by atoms with Crippen molar-refractivity contribution in [1.82, 2.24) is 5.32 Å². The first kappa shape index (κ1) is 15.2. The van der Waals surface area contributed by atoms with Gasteiger partial charge in [0.25, 0.3) is 11.8 Å². The third-order valence-corrected chi connectivity index (χ3v) is 5.08. The molecule has 0 bridgehead atoms. The maximum absolute atomic E-state index is 12.4. The zero-order valence-electron chi connectivity index (χ0n) is 11.8. The summed E-state index contributed by atoms with van der Waals surface area (Å²) in [4.78, 5) is 25.1. The van der Waals surface area contributed by atoms with Crippen molar-refractivity contribution < 1.29 is 14.3 Å². The van der Waals surface area contributed by atoms with E-state index in [9.17, 15) is 9.59 Å². The molecule has 7 heteroatoms. The fourth-order valence-electron chi connectivity index (χ4n) is 2.28. The Morgan fingerprint density at radius 2 is 2.09 bits per heavy atom. The summed E-state index contributed by atoms with van der Waals surface area (Å²) >= 11 is 2.72. The van der Waals surface area contributed by atoms with E-state index in [0.29, 0.717) is 22.0 Å². The summed E-state index contributed by atoms with van der Waals surface area (Å²) in [7, 11) is 0. The van der Waals surface area contributed by atoms with Gasteiger partial charge >= 0.3 is 0 Å². The van der Waals surface area contributed by atoms with Gasteiger partial charge in [0.2, 0.25) is 0 Å². The third-order valence-electron chi connectivity index (χ3n) is 3.38. The molecule has 1 atom stereocenters. The van der Waals surface area contributed by atoms with Gasteiger partial charge in [-0.15, -0.1) is 22.7 Å². The molecule has 0 spiro atoms. The summed E-state index contributed by atoms with van der Waals surface area (Å²) < 4.78 is 5.36. The van der Waals surface area contributed by atoms with E-state index >= 15 is 0 Å². The first-order valence-electron chi connectivity index (χ1n) is 7.05. The maximum Gasteiger partial charge on any atom is 0.266 e. The Morgan fingerprint density at radius 3 is 2.82 bits per heavy atom. The lowest BCUT2D eigenvalue weighted by Crippen LogP contribution is -2.40. The number of nitrogens with one attached hydrogen (secondary N) is 2. The van der Waals surface area contributed by atoms with Crippen LogP contribution in [0.15, 0.2) is 29.0 Å². The zero-order chi connectivity index (χ0) is 15.4. The minimum absolute atomic E-state index is 0.0435. The predicted molar refractivity (Wildman–Crippen MR) is 87.9 cm³/mol. The van der Waals surface area contributed by atoms with Crippen molar-refractivity contribution >= 4 is 39.5 Å². The molecule has 0 saturated carbocycles. The Bertz CT molecular complexity index is 646. The van der Waals surface area contributed by atoms with Crippen molar-refractivity contribution in [1.29, 1.82) is 0 Å². The summed E-state index contributed by atoms with van der Waals surface area (Å²) in [5.74, 6) is -0.356. The van der Waals surface area contributed by atoms with Crippen LogP contribution in [0.2, 0.25) is 0 Å². The van der Waals surface area contributed by atoms with Crippen molar-refractivity contribution in [2.24, 2.45) is 0 Å². The molecule has 2 aromatic heterocycles. The molecule has 0 aliphatic carbocycles. The Morgan fingerprint density at radius 1 is 1.18 bits per heavy atom. The molecule has 2 amide bonds. The molecule has 1 aliphatic rings. The van der Waals surface area contributed by atoms with Crippen LogP contribution >= 0.6 is 22.7 Å². The zero-order valence-corrected chi connectivity index (χ0v) is 13.5. The van der Waals surface area contributed by atoms with Gasteiger partial charge in [-0.25, -0.2) is 0 Å². The molecule has 22 heavy (non-hydrogen) atoms. The van der Waals surface area contributed by atoms with Gasteiger partial charge in [-0.2, -0.15) is 0 Å². The number of thiophene rings is 2. The Hall–Kier alpha value is -1.70. The first-order chi connectivity index (χ1) is 10.7. The molecule has 3 heterocycles. The Labute approximate surface area is 136 Å². The molecule has 2 N–H and O–H groups in total. The van der Waals surface area contributed by atoms with E-state index in [-0.39, 0.29) is 17.9 Å². The highest BCUT2D eigenvalue weighted by Gasteiger charge is 2.20. The molecule has 5 nitrogen and oxygen atoms in total. The number of rotatable bonds is 4. The summed E-state index contributed by atoms with van der Waals surface area (Å²) in [6.07, 6.45) is 1.88. The highest BCUT2D eigenvalue weighted by Crippen LogP contribution is 2.25. The van der Waals surface area contributed by atoms with Crippen LogP contribution in [0.25, 0.3) is 0 Å². The van der Waals surface area contributed by atoms with E-state index in [1.807, 2.05) is 11.4 Å². The minimum Gasteiger partial charge on any atom is -0.379 e. The predicted octanol–water partition coefficient (Wildman–Crippen LogP) is 2.97. The molecule has 2 aromatic rings. The number of carbonyl (C=O) groups excluding carboxylic acids is 2. The highest BCUT2D eigenvalue weighted by molar-refractivity contribution is 7.15. The number of hydrogen-bond acceptors (Lipinski definition) is 5. The van der Waals surface area contributed by atoms with Gasteiger partial charge in [-0.3, -0.25) is 9.59 Å². The van der Waals surface area contributed by atoms with Gasteiger partial charge in [0.1, 0.15) is 5.00 Å². The van der Waals surface area contributed by atoms with E-state index < -0.39 is 0 Å². The minimum atomic E-state index is -0.188. The van der Waals surface area contributed by atoms with Crippen molar-refractivity contribution in [2.75, 3.05) is 18.5 Å². The van der Waals surface area contributed by atoms with E-state index in [2.05, 4.69) is 10.6 Å². The SMILES string of the molecule is O=C(Nc1sccc1C(=O)N[C@@H]1CCCOC1)c1cccs1. The van der Waals surface area contributed by atoms with Gasteiger partial charge in [0, 0.05) is 6.61 Å². The fourth-order valence-corrected chi connectivity index (χ4v) is 3.67. The molecular formula is C15H16N2O3S2. The van der Waals surface area contributed by atoms with Crippen LogP contribution in [-0.4, -0.2) is 31.1 Å². The second-order valence-electron chi connectivity index (χ2n) is 4.98. The Balaban J connectivity index is 1.66. The molecule has 1 saturated heterocycles. The molecule has 3 rings (SSSR count). The topological polar surface area (TPSA) is 67.4 Å². The van der Waals surface area contributed by atoms with Gasteiger partial charge in [-0.05, 0) is 35.7 Å². The monoisotopic (exact) mass is 336 g/mol. The summed E-state index contributed by atoms with van der Waals surface area (Å²) in [5.41, 5.74) is 0.500. The largest absolute Gasteiger partial charge is 0.379 e. The van der Waals surface area contributed by atoms with Gasteiger partial charge in [-0.1, -0.05) is 6.07 Å². The highest BCUT2D eigenvalue weighted by atomic mass is 32.1. The maximum atomic E-state index is 12.4. The van der Waals surface area contributed by atoms with Crippen LogP contribution in [-0.2, 0) is 4.74 Å². The van der Waals surface area contributed by atoms with Gasteiger partial charge in [0.05, 0.1) is 23.1 Å².